The molecule has 0 aliphatic carbocycles. The summed E-state index contributed by atoms with van der Waals surface area (Å²) in [6.45, 7) is 9.99. The second kappa shape index (κ2) is 4.83. The van der Waals surface area contributed by atoms with Crippen molar-refractivity contribution in [3.05, 3.63) is 24.0 Å². The van der Waals surface area contributed by atoms with Gasteiger partial charge in [0.25, 0.3) is 0 Å². The van der Waals surface area contributed by atoms with Crippen LogP contribution in [0.25, 0.3) is 0 Å². The summed E-state index contributed by atoms with van der Waals surface area (Å²) in [5, 5.41) is 0. The van der Waals surface area contributed by atoms with E-state index in [1.807, 2.05) is 12.4 Å². The number of nitrogens with zero attached hydrogens (tertiary/aromatic N) is 1. The number of ether oxygens (including phenoxy) is 1. The van der Waals surface area contributed by atoms with Crippen molar-refractivity contribution in [3.63, 3.8) is 0 Å². The zero-order valence-corrected chi connectivity index (χ0v) is 12.7. The van der Waals surface area contributed by atoms with Crippen LogP contribution in [0.15, 0.2) is 18.5 Å². The topological polar surface area (TPSA) is 40.6 Å². The second-order valence-electron chi connectivity index (χ2n) is 6.82. The van der Waals surface area contributed by atoms with Crippen LogP contribution in [0.4, 0.5) is 0 Å². The molecule has 0 saturated carbocycles. The van der Waals surface area contributed by atoms with E-state index in [2.05, 4.69) is 38.7 Å². The van der Waals surface area contributed by atoms with Gasteiger partial charge in [0.2, 0.25) is 0 Å². The smallest absolute Gasteiger partial charge is 0.399 e. The molecule has 20 heavy (non-hydrogen) atoms. The third kappa shape index (κ3) is 2.50. The van der Waals surface area contributed by atoms with Gasteiger partial charge in [0.1, 0.15) is 0 Å². The second-order valence-corrected chi connectivity index (χ2v) is 6.82. The van der Waals surface area contributed by atoms with Crippen LogP contribution < -0.4 is 5.46 Å². The maximum Gasteiger partial charge on any atom is 0.496 e. The highest BCUT2D eigenvalue weighted by molar-refractivity contribution is 6.62. The molecule has 1 aromatic rings. The maximum atomic E-state index is 6.06. The van der Waals surface area contributed by atoms with Crippen LogP contribution in [0, 0.1) is 5.92 Å². The Balaban J connectivity index is 1.76. The Bertz CT molecular complexity index is 484. The molecule has 5 heteroatoms. The molecule has 108 valence electrons. The first-order valence-corrected chi connectivity index (χ1v) is 7.25. The zero-order chi connectivity index (χ0) is 14.4. The molecule has 0 unspecified atom stereocenters. The minimum atomic E-state index is -0.329. The highest BCUT2D eigenvalue weighted by atomic mass is 16.7. The van der Waals surface area contributed by atoms with E-state index in [0.717, 1.165) is 25.1 Å². The van der Waals surface area contributed by atoms with E-state index in [1.54, 1.807) is 0 Å². The van der Waals surface area contributed by atoms with Crippen molar-refractivity contribution >= 4 is 12.6 Å². The third-order valence-corrected chi connectivity index (χ3v) is 4.57. The number of pyridine rings is 1. The Morgan fingerprint density at radius 3 is 2.35 bits per heavy atom. The highest BCUT2D eigenvalue weighted by Crippen LogP contribution is 2.36. The van der Waals surface area contributed by atoms with Crippen LogP contribution in [-0.4, -0.2) is 36.5 Å². The lowest BCUT2D eigenvalue weighted by molar-refractivity contribution is -0.0312. The summed E-state index contributed by atoms with van der Waals surface area (Å²) in [5.41, 5.74) is 1.61. The molecule has 1 aromatic heterocycles. The lowest BCUT2D eigenvalue weighted by atomic mass is 9.79. The standard InChI is InChI=1S/C15H22BNO3/c1-14(2)15(3,4)20-16(19-14)13-6-11(7-17-8-13)5-12-9-18-10-12/h6-8,12H,5,9-10H2,1-4H3. The van der Waals surface area contributed by atoms with Gasteiger partial charge in [-0.3, -0.25) is 4.98 Å². The van der Waals surface area contributed by atoms with Crippen molar-refractivity contribution in [2.45, 2.75) is 45.3 Å². The quantitative estimate of drug-likeness (QED) is 0.785. The molecule has 3 heterocycles. The Morgan fingerprint density at radius 2 is 1.80 bits per heavy atom. The van der Waals surface area contributed by atoms with E-state index in [1.165, 1.54) is 5.56 Å². The Morgan fingerprint density at radius 1 is 1.15 bits per heavy atom. The van der Waals surface area contributed by atoms with E-state index in [9.17, 15) is 0 Å². The average molecular weight is 275 g/mol. The minimum Gasteiger partial charge on any atom is -0.399 e. The first-order valence-electron chi connectivity index (χ1n) is 7.25. The molecule has 0 spiro atoms. The van der Waals surface area contributed by atoms with Gasteiger partial charge in [-0.1, -0.05) is 6.07 Å². The molecule has 4 nitrogen and oxygen atoms in total. The lowest BCUT2D eigenvalue weighted by Crippen LogP contribution is -2.41. The van der Waals surface area contributed by atoms with Gasteiger partial charge in [-0.15, -0.1) is 0 Å². The summed E-state index contributed by atoms with van der Waals surface area (Å²) in [6, 6.07) is 2.15. The van der Waals surface area contributed by atoms with Gasteiger partial charge in [-0.2, -0.15) is 0 Å². The van der Waals surface area contributed by atoms with E-state index < -0.39 is 0 Å². The Hall–Kier alpha value is -0.905. The van der Waals surface area contributed by atoms with Crippen molar-refractivity contribution in [2.75, 3.05) is 13.2 Å². The number of rotatable bonds is 3. The minimum absolute atomic E-state index is 0.310. The van der Waals surface area contributed by atoms with Gasteiger partial charge in [0.15, 0.2) is 0 Å². The fraction of sp³-hybridized carbons (Fsp3) is 0.667. The molecule has 0 radical (unpaired) electrons. The van der Waals surface area contributed by atoms with E-state index in [-0.39, 0.29) is 18.3 Å². The molecule has 2 aliphatic rings. The van der Waals surface area contributed by atoms with Gasteiger partial charge in [0.05, 0.1) is 24.4 Å². The van der Waals surface area contributed by atoms with Crippen molar-refractivity contribution in [1.82, 2.24) is 4.98 Å². The number of aromatic nitrogens is 1. The fourth-order valence-corrected chi connectivity index (χ4v) is 2.46. The summed E-state index contributed by atoms with van der Waals surface area (Å²) in [5.74, 6) is 0.630. The van der Waals surface area contributed by atoms with Gasteiger partial charge in [-0.25, -0.2) is 0 Å². The molecule has 2 saturated heterocycles. The molecule has 0 aromatic carbocycles. The van der Waals surface area contributed by atoms with E-state index >= 15 is 0 Å². The SMILES string of the molecule is CC1(C)OB(c2cncc(CC3COC3)c2)OC1(C)C. The van der Waals surface area contributed by atoms with Gasteiger partial charge in [0, 0.05) is 23.8 Å². The van der Waals surface area contributed by atoms with Crippen LogP contribution in [0.2, 0.25) is 0 Å². The maximum absolute atomic E-state index is 6.06. The van der Waals surface area contributed by atoms with Gasteiger partial charge >= 0.3 is 7.12 Å². The monoisotopic (exact) mass is 275 g/mol. The molecule has 2 aliphatic heterocycles. The molecule has 0 atom stereocenters. The van der Waals surface area contributed by atoms with Crippen molar-refractivity contribution in [1.29, 1.82) is 0 Å². The Kier molecular flexibility index (Phi) is 3.39. The van der Waals surface area contributed by atoms with Crippen LogP contribution in [0.3, 0.4) is 0 Å². The predicted octanol–water partition coefficient (Wildman–Crippen LogP) is 1.57. The van der Waals surface area contributed by atoms with Crippen LogP contribution >= 0.6 is 0 Å². The third-order valence-electron chi connectivity index (χ3n) is 4.57. The summed E-state index contributed by atoms with van der Waals surface area (Å²) < 4.78 is 17.3. The number of hydrogen-bond acceptors (Lipinski definition) is 4. The number of hydrogen-bond donors (Lipinski definition) is 0. The molecular weight excluding hydrogens is 253 g/mol. The van der Waals surface area contributed by atoms with E-state index in [0.29, 0.717) is 5.92 Å². The predicted molar refractivity (Wildman–Crippen MR) is 78.0 cm³/mol. The summed E-state index contributed by atoms with van der Waals surface area (Å²) >= 11 is 0. The van der Waals surface area contributed by atoms with Crippen molar-refractivity contribution < 1.29 is 14.0 Å². The van der Waals surface area contributed by atoms with Crippen molar-refractivity contribution in [2.24, 2.45) is 5.92 Å². The molecule has 0 bridgehead atoms. The molecule has 0 amide bonds. The average Bonchev–Trinajstić information content (AvgIpc) is 2.54. The molecule has 2 fully saturated rings. The largest absolute Gasteiger partial charge is 0.496 e. The van der Waals surface area contributed by atoms with E-state index in [4.69, 9.17) is 14.0 Å². The zero-order valence-electron chi connectivity index (χ0n) is 12.7. The van der Waals surface area contributed by atoms with Gasteiger partial charge in [-0.05, 0) is 39.7 Å². The molecule has 0 N–H and O–H groups in total. The highest BCUT2D eigenvalue weighted by Gasteiger charge is 2.51. The molecule has 3 rings (SSSR count). The first kappa shape index (κ1) is 14.0. The fourth-order valence-electron chi connectivity index (χ4n) is 2.46. The normalized spacial score (nSPS) is 24.7. The van der Waals surface area contributed by atoms with Crippen LogP contribution in [0.1, 0.15) is 33.3 Å². The summed E-state index contributed by atoms with van der Waals surface area (Å²) in [7, 11) is -0.329. The molecular formula is C15H22BNO3. The van der Waals surface area contributed by atoms with Crippen LogP contribution in [0.5, 0.6) is 0 Å². The van der Waals surface area contributed by atoms with Gasteiger partial charge < -0.3 is 14.0 Å². The Labute approximate surface area is 121 Å². The lowest BCUT2D eigenvalue weighted by Gasteiger charge is -2.32. The first-order chi connectivity index (χ1) is 9.37. The van der Waals surface area contributed by atoms with Crippen LogP contribution in [-0.2, 0) is 20.5 Å². The van der Waals surface area contributed by atoms with Crippen molar-refractivity contribution in [3.8, 4) is 0 Å². The summed E-state index contributed by atoms with van der Waals surface area (Å²) in [6.07, 6.45) is 4.77. The summed E-state index contributed by atoms with van der Waals surface area (Å²) in [4.78, 5) is 4.34.